The first kappa shape index (κ1) is 10.7. The smallest absolute Gasteiger partial charge is 0.0717 e. The van der Waals surface area contributed by atoms with E-state index in [0.29, 0.717) is 31.0 Å². The minimum Gasteiger partial charge on any atom is -0.396 e. The van der Waals surface area contributed by atoms with Crippen LogP contribution < -0.4 is 0 Å². The SMILES string of the molecule is C[C@@H]1[C@@H](COCc2ccccc2)[C@H]1CO. The Kier molecular flexibility index (Phi) is 3.39. The normalized spacial score (nSPS) is 29.1. The number of rotatable bonds is 5. The van der Waals surface area contributed by atoms with Gasteiger partial charge in [0, 0.05) is 6.61 Å². The summed E-state index contributed by atoms with van der Waals surface area (Å²) in [6.07, 6.45) is 0. The summed E-state index contributed by atoms with van der Waals surface area (Å²) < 4.78 is 5.64. The Morgan fingerprint density at radius 2 is 1.93 bits per heavy atom. The largest absolute Gasteiger partial charge is 0.396 e. The average Bonchev–Trinajstić information content (AvgIpc) is 2.90. The van der Waals surface area contributed by atoms with Crippen molar-refractivity contribution in [2.75, 3.05) is 13.2 Å². The van der Waals surface area contributed by atoms with Crippen LogP contribution in [0.15, 0.2) is 30.3 Å². The minimum atomic E-state index is 0.306. The molecule has 0 saturated heterocycles. The monoisotopic (exact) mass is 206 g/mol. The van der Waals surface area contributed by atoms with Crippen molar-refractivity contribution in [2.45, 2.75) is 13.5 Å². The number of aliphatic hydroxyl groups excluding tert-OH is 1. The van der Waals surface area contributed by atoms with Gasteiger partial charge >= 0.3 is 0 Å². The van der Waals surface area contributed by atoms with Gasteiger partial charge in [0.1, 0.15) is 0 Å². The predicted octanol–water partition coefficient (Wildman–Crippen LogP) is 2.08. The standard InChI is InChI=1S/C13H18O2/c1-10-12(7-14)13(10)9-15-8-11-5-3-2-4-6-11/h2-6,10,12-14H,7-9H2,1H3/t10-,12-,13+/m0/s1. The molecule has 0 spiro atoms. The summed E-state index contributed by atoms with van der Waals surface area (Å²) in [4.78, 5) is 0. The van der Waals surface area contributed by atoms with E-state index in [2.05, 4.69) is 19.1 Å². The van der Waals surface area contributed by atoms with Crippen molar-refractivity contribution < 1.29 is 9.84 Å². The van der Waals surface area contributed by atoms with Gasteiger partial charge in [0.2, 0.25) is 0 Å². The van der Waals surface area contributed by atoms with Crippen molar-refractivity contribution in [1.82, 2.24) is 0 Å². The van der Waals surface area contributed by atoms with Crippen molar-refractivity contribution in [3.63, 3.8) is 0 Å². The first-order valence-electron chi connectivity index (χ1n) is 5.55. The zero-order valence-electron chi connectivity index (χ0n) is 9.10. The van der Waals surface area contributed by atoms with E-state index in [1.807, 2.05) is 18.2 Å². The van der Waals surface area contributed by atoms with Gasteiger partial charge in [-0.3, -0.25) is 0 Å². The van der Waals surface area contributed by atoms with Crippen LogP contribution in [0.3, 0.4) is 0 Å². The Bertz CT molecular complexity index is 297. The highest BCUT2D eigenvalue weighted by atomic mass is 16.5. The van der Waals surface area contributed by atoms with Crippen LogP contribution in [0.4, 0.5) is 0 Å². The van der Waals surface area contributed by atoms with E-state index < -0.39 is 0 Å². The first-order chi connectivity index (χ1) is 7.33. The molecule has 0 amide bonds. The molecule has 2 heteroatoms. The molecule has 1 N–H and O–H groups in total. The fourth-order valence-electron chi connectivity index (χ4n) is 2.10. The lowest BCUT2D eigenvalue weighted by molar-refractivity contribution is 0.102. The third kappa shape index (κ3) is 2.58. The summed E-state index contributed by atoms with van der Waals surface area (Å²) in [5, 5.41) is 9.01. The Balaban J connectivity index is 1.68. The van der Waals surface area contributed by atoms with Gasteiger partial charge in [-0.05, 0) is 23.3 Å². The van der Waals surface area contributed by atoms with Gasteiger partial charge < -0.3 is 9.84 Å². The van der Waals surface area contributed by atoms with Crippen molar-refractivity contribution in [1.29, 1.82) is 0 Å². The van der Waals surface area contributed by atoms with Gasteiger partial charge in [-0.2, -0.15) is 0 Å². The molecule has 15 heavy (non-hydrogen) atoms. The lowest BCUT2D eigenvalue weighted by Crippen LogP contribution is -2.00. The second-order valence-electron chi connectivity index (χ2n) is 4.37. The van der Waals surface area contributed by atoms with Crippen LogP contribution in [0.1, 0.15) is 12.5 Å². The first-order valence-corrected chi connectivity index (χ1v) is 5.55. The summed E-state index contributed by atoms with van der Waals surface area (Å²) in [5.74, 6) is 1.67. The van der Waals surface area contributed by atoms with Gasteiger partial charge in [-0.1, -0.05) is 37.3 Å². The van der Waals surface area contributed by atoms with E-state index in [1.165, 1.54) is 5.56 Å². The lowest BCUT2D eigenvalue weighted by atomic mass is 10.2. The maximum absolute atomic E-state index is 9.01. The molecule has 2 nitrogen and oxygen atoms in total. The molecule has 0 aromatic heterocycles. The highest BCUT2D eigenvalue weighted by Crippen LogP contribution is 2.45. The van der Waals surface area contributed by atoms with Crippen LogP contribution in [-0.2, 0) is 11.3 Å². The molecule has 1 aliphatic carbocycles. The lowest BCUT2D eigenvalue weighted by Gasteiger charge is -2.03. The van der Waals surface area contributed by atoms with Gasteiger partial charge in [-0.15, -0.1) is 0 Å². The Hall–Kier alpha value is -0.860. The van der Waals surface area contributed by atoms with Gasteiger partial charge in [0.15, 0.2) is 0 Å². The van der Waals surface area contributed by atoms with Gasteiger partial charge in [0.25, 0.3) is 0 Å². The fourth-order valence-corrected chi connectivity index (χ4v) is 2.10. The molecule has 2 rings (SSSR count). The molecule has 1 saturated carbocycles. The number of benzene rings is 1. The topological polar surface area (TPSA) is 29.5 Å². The van der Waals surface area contributed by atoms with Crippen molar-refractivity contribution >= 4 is 0 Å². The molecular formula is C13H18O2. The molecule has 0 bridgehead atoms. The Morgan fingerprint density at radius 1 is 1.20 bits per heavy atom. The number of aliphatic hydroxyl groups is 1. The van der Waals surface area contributed by atoms with E-state index >= 15 is 0 Å². The van der Waals surface area contributed by atoms with Gasteiger partial charge in [0.05, 0.1) is 13.2 Å². The van der Waals surface area contributed by atoms with Crippen LogP contribution in [0, 0.1) is 17.8 Å². The Morgan fingerprint density at radius 3 is 2.53 bits per heavy atom. The maximum atomic E-state index is 9.01. The van der Waals surface area contributed by atoms with Gasteiger partial charge in [-0.25, -0.2) is 0 Å². The van der Waals surface area contributed by atoms with Crippen molar-refractivity contribution in [2.24, 2.45) is 17.8 Å². The van der Waals surface area contributed by atoms with Crippen LogP contribution in [0.2, 0.25) is 0 Å². The fraction of sp³-hybridized carbons (Fsp3) is 0.538. The van der Waals surface area contributed by atoms with Crippen LogP contribution in [0.5, 0.6) is 0 Å². The molecular weight excluding hydrogens is 188 g/mol. The Labute approximate surface area is 90.9 Å². The van der Waals surface area contributed by atoms with E-state index in [9.17, 15) is 0 Å². The quantitative estimate of drug-likeness (QED) is 0.799. The summed E-state index contributed by atoms with van der Waals surface area (Å²) in [6.45, 7) is 3.95. The highest BCUT2D eigenvalue weighted by Gasteiger charge is 2.45. The van der Waals surface area contributed by atoms with Crippen molar-refractivity contribution in [3.05, 3.63) is 35.9 Å². The summed E-state index contributed by atoms with van der Waals surface area (Å²) in [7, 11) is 0. The zero-order chi connectivity index (χ0) is 10.7. The number of ether oxygens (including phenoxy) is 1. The molecule has 1 aliphatic rings. The third-order valence-electron chi connectivity index (χ3n) is 3.39. The van der Waals surface area contributed by atoms with Crippen LogP contribution >= 0.6 is 0 Å². The molecule has 0 aliphatic heterocycles. The third-order valence-corrected chi connectivity index (χ3v) is 3.39. The van der Waals surface area contributed by atoms with E-state index in [1.54, 1.807) is 0 Å². The minimum absolute atomic E-state index is 0.306. The molecule has 1 fully saturated rings. The number of hydrogen-bond donors (Lipinski definition) is 1. The predicted molar refractivity (Wildman–Crippen MR) is 59.3 cm³/mol. The second kappa shape index (κ2) is 4.77. The number of hydrogen-bond acceptors (Lipinski definition) is 2. The van der Waals surface area contributed by atoms with Crippen molar-refractivity contribution in [3.8, 4) is 0 Å². The summed E-state index contributed by atoms with van der Waals surface area (Å²) in [6, 6.07) is 10.2. The molecule has 82 valence electrons. The van der Waals surface area contributed by atoms with E-state index in [4.69, 9.17) is 9.84 Å². The summed E-state index contributed by atoms with van der Waals surface area (Å²) >= 11 is 0. The second-order valence-corrected chi connectivity index (χ2v) is 4.37. The zero-order valence-corrected chi connectivity index (χ0v) is 9.10. The molecule has 3 atom stereocenters. The van der Waals surface area contributed by atoms with E-state index in [0.717, 1.165) is 6.61 Å². The average molecular weight is 206 g/mol. The highest BCUT2D eigenvalue weighted by molar-refractivity contribution is 5.13. The van der Waals surface area contributed by atoms with E-state index in [-0.39, 0.29) is 0 Å². The molecule has 1 aromatic carbocycles. The molecule has 0 radical (unpaired) electrons. The van der Waals surface area contributed by atoms with Crippen LogP contribution in [-0.4, -0.2) is 18.3 Å². The summed E-state index contributed by atoms with van der Waals surface area (Å²) in [5.41, 5.74) is 1.21. The van der Waals surface area contributed by atoms with Crippen LogP contribution in [0.25, 0.3) is 0 Å². The molecule has 0 unspecified atom stereocenters. The molecule has 1 aromatic rings. The maximum Gasteiger partial charge on any atom is 0.0717 e. The molecule has 0 heterocycles.